The number of ether oxygens (including phenoxy) is 1. The topological polar surface area (TPSA) is 59.0 Å². The zero-order chi connectivity index (χ0) is 16.4. The van der Waals surface area contributed by atoms with Crippen LogP contribution in [0.25, 0.3) is 5.76 Å². The summed E-state index contributed by atoms with van der Waals surface area (Å²) in [4.78, 5) is 0. The number of benzene rings is 2. The van der Waals surface area contributed by atoms with Gasteiger partial charge in [0.05, 0.1) is 0 Å². The highest BCUT2D eigenvalue weighted by molar-refractivity contribution is 9.10. The van der Waals surface area contributed by atoms with E-state index in [0.717, 1.165) is 15.6 Å². The molecule has 3 rings (SSSR count). The van der Waals surface area contributed by atoms with Gasteiger partial charge in [-0.3, -0.25) is 0 Å². The predicted molar refractivity (Wildman–Crippen MR) is 94.2 cm³/mol. The Morgan fingerprint density at radius 1 is 1.17 bits per heavy atom. The van der Waals surface area contributed by atoms with Crippen molar-refractivity contribution in [2.75, 3.05) is 0 Å². The Kier molecular flexibility index (Phi) is 4.42. The predicted octanol–water partition coefficient (Wildman–Crippen LogP) is 4.95. The fraction of sp³-hybridized carbons (Fsp3) is 0.0556. The summed E-state index contributed by atoms with van der Waals surface area (Å²) in [5.41, 5.74) is 8.13. The summed E-state index contributed by atoms with van der Waals surface area (Å²) in [5, 5.41) is 10.0. The van der Waals surface area contributed by atoms with Gasteiger partial charge >= 0.3 is 0 Å². The van der Waals surface area contributed by atoms with Crippen LogP contribution in [0.3, 0.4) is 0 Å². The molecule has 0 saturated carbocycles. The van der Waals surface area contributed by atoms with Gasteiger partial charge in [-0.15, -0.1) is 0 Å². The minimum absolute atomic E-state index is 0.123. The fourth-order valence-electron chi connectivity index (χ4n) is 2.45. The minimum atomic E-state index is -0.286. The van der Waals surface area contributed by atoms with Gasteiger partial charge in [0.1, 0.15) is 17.4 Å². The Morgan fingerprint density at radius 2 is 1.91 bits per heavy atom. The Hall–Kier alpha value is -2.22. The van der Waals surface area contributed by atoms with E-state index in [4.69, 9.17) is 22.1 Å². The van der Waals surface area contributed by atoms with Crippen LogP contribution < -0.4 is 5.73 Å². The van der Waals surface area contributed by atoms with Crippen molar-refractivity contribution in [3.8, 4) is 6.07 Å². The lowest BCUT2D eigenvalue weighted by Crippen LogP contribution is -2.16. The van der Waals surface area contributed by atoms with Crippen molar-refractivity contribution in [1.82, 2.24) is 0 Å². The number of nitrogens with zero attached hydrogens (tertiary/aromatic N) is 1. The van der Waals surface area contributed by atoms with Crippen molar-refractivity contribution in [2.45, 2.75) is 5.92 Å². The van der Waals surface area contributed by atoms with Gasteiger partial charge in [-0.05, 0) is 35.9 Å². The zero-order valence-electron chi connectivity index (χ0n) is 12.0. The summed E-state index contributed by atoms with van der Waals surface area (Å²) in [6.07, 6.45) is 1.89. The van der Waals surface area contributed by atoms with Crippen LogP contribution in [0.2, 0.25) is 5.02 Å². The monoisotopic (exact) mass is 386 g/mol. The highest BCUT2D eigenvalue weighted by Crippen LogP contribution is 2.37. The standard InChI is InChI=1S/C18H12BrClN2O/c19-13-6-4-11(5-7-13)17-9-15(16(10-21)18(22)23-17)12-2-1-3-14(20)8-12/h1-9,15H,22H2. The van der Waals surface area contributed by atoms with Gasteiger partial charge < -0.3 is 10.5 Å². The Balaban J connectivity index is 2.08. The van der Waals surface area contributed by atoms with Crippen molar-refractivity contribution in [1.29, 1.82) is 5.26 Å². The number of hydrogen-bond acceptors (Lipinski definition) is 3. The average molecular weight is 388 g/mol. The van der Waals surface area contributed by atoms with Crippen molar-refractivity contribution in [3.63, 3.8) is 0 Å². The van der Waals surface area contributed by atoms with Crippen molar-refractivity contribution in [3.05, 3.63) is 86.7 Å². The molecule has 0 spiro atoms. The molecule has 0 aliphatic carbocycles. The first-order chi connectivity index (χ1) is 11.1. The quantitative estimate of drug-likeness (QED) is 0.793. The lowest BCUT2D eigenvalue weighted by Gasteiger charge is -2.23. The van der Waals surface area contributed by atoms with E-state index in [0.29, 0.717) is 16.4 Å². The first kappa shape index (κ1) is 15.7. The molecule has 1 heterocycles. The molecule has 1 unspecified atom stereocenters. The summed E-state index contributed by atoms with van der Waals surface area (Å²) in [7, 11) is 0. The number of allylic oxidation sites excluding steroid dienone is 2. The first-order valence-electron chi connectivity index (χ1n) is 6.89. The molecule has 0 amide bonds. The summed E-state index contributed by atoms with van der Waals surface area (Å²) < 4.78 is 6.62. The molecule has 114 valence electrons. The van der Waals surface area contributed by atoms with E-state index in [9.17, 15) is 5.26 Å². The number of halogens is 2. The number of rotatable bonds is 2. The highest BCUT2D eigenvalue weighted by atomic mass is 79.9. The molecule has 1 aliphatic rings. The molecule has 2 N–H and O–H groups in total. The number of hydrogen-bond donors (Lipinski definition) is 1. The summed E-state index contributed by atoms with van der Waals surface area (Å²) >= 11 is 9.48. The largest absolute Gasteiger partial charge is 0.440 e. The van der Waals surface area contributed by atoms with E-state index in [1.54, 1.807) is 6.07 Å². The zero-order valence-corrected chi connectivity index (χ0v) is 14.3. The third-order valence-corrected chi connectivity index (χ3v) is 4.34. The van der Waals surface area contributed by atoms with Crippen LogP contribution in [0.4, 0.5) is 0 Å². The average Bonchev–Trinajstić information content (AvgIpc) is 2.55. The van der Waals surface area contributed by atoms with Crippen LogP contribution in [0.1, 0.15) is 17.0 Å². The minimum Gasteiger partial charge on any atom is -0.440 e. The van der Waals surface area contributed by atoms with Crippen molar-refractivity contribution < 1.29 is 4.74 Å². The van der Waals surface area contributed by atoms with Crippen LogP contribution in [0, 0.1) is 11.3 Å². The van der Waals surface area contributed by atoms with Gasteiger partial charge in [-0.2, -0.15) is 5.26 Å². The lowest BCUT2D eigenvalue weighted by atomic mass is 9.89. The molecule has 0 aromatic heterocycles. The van der Waals surface area contributed by atoms with Crippen LogP contribution >= 0.6 is 27.5 Å². The van der Waals surface area contributed by atoms with E-state index in [1.165, 1.54) is 0 Å². The molecule has 0 fully saturated rings. The van der Waals surface area contributed by atoms with Gasteiger partial charge in [-0.25, -0.2) is 0 Å². The Bertz CT molecular complexity index is 850. The van der Waals surface area contributed by atoms with Crippen molar-refractivity contribution >= 4 is 33.3 Å². The SMILES string of the molecule is N#CC1=C(N)OC(c2ccc(Br)cc2)=CC1c1cccc(Cl)c1. The number of nitrogens with two attached hydrogens (primary N) is 1. The van der Waals surface area contributed by atoms with Crippen molar-refractivity contribution in [2.24, 2.45) is 5.73 Å². The second kappa shape index (κ2) is 6.49. The number of nitriles is 1. The second-order valence-corrected chi connectivity index (χ2v) is 6.41. The van der Waals surface area contributed by atoms with Crippen LogP contribution in [-0.4, -0.2) is 0 Å². The van der Waals surface area contributed by atoms with E-state index < -0.39 is 0 Å². The van der Waals surface area contributed by atoms with Gasteiger partial charge in [0.25, 0.3) is 0 Å². The molecular formula is C18H12BrClN2O. The molecule has 3 nitrogen and oxygen atoms in total. The van der Waals surface area contributed by atoms with Gasteiger partial charge in [-0.1, -0.05) is 51.8 Å². The molecule has 0 radical (unpaired) electrons. The summed E-state index contributed by atoms with van der Waals surface area (Å²) in [6.45, 7) is 0. The lowest BCUT2D eigenvalue weighted by molar-refractivity contribution is 0.360. The normalized spacial score (nSPS) is 17.3. The maximum Gasteiger partial charge on any atom is 0.205 e. The molecule has 23 heavy (non-hydrogen) atoms. The third-order valence-electron chi connectivity index (χ3n) is 3.57. The summed E-state index contributed by atoms with van der Waals surface area (Å²) in [5.74, 6) is 0.461. The Labute approximate surface area is 147 Å². The molecule has 1 aliphatic heterocycles. The van der Waals surface area contributed by atoms with E-state index in [-0.39, 0.29) is 11.8 Å². The molecule has 2 aromatic carbocycles. The third kappa shape index (κ3) is 3.26. The summed E-state index contributed by atoms with van der Waals surface area (Å²) in [6, 6.07) is 17.2. The fourth-order valence-corrected chi connectivity index (χ4v) is 2.92. The van der Waals surface area contributed by atoms with Gasteiger partial charge in [0.15, 0.2) is 0 Å². The first-order valence-corrected chi connectivity index (χ1v) is 8.06. The molecule has 5 heteroatoms. The second-order valence-electron chi connectivity index (χ2n) is 5.06. The maximum absolute atomic E-state index is 9.42. The van der Waals surface area contributed by atoms with Gasteiger partial charge in [0, 0.05) is 21.0 Å². The Morgan fingerprint density at radius 3 is 2.57 bits per heavy atom. The van der Waals surface area contributed by atoms with Crippen LogP contribution in [-0.2, 0) is 4.74 Å². The maximum atomic E-state index is 9.42. The highest BCUT2D eigenvalue weighted by Gasteiger charge is 2.26. The molecule has 0 bridgehead atoms. The van der Waals surface area contributed by atoms with E-state index in [1.807, 2.05) is 48.5 Å². The molecule has 1 atom stereocenters. The van der Waals surface area contributed by atoms with E-state index in [2.05, 4.69) is 22.0 Å². The molecule has 0 saturated heterocycles. The van der Waals surface area contributed by atoms with Crippen LogP contribution in [0.5, 0.6) is 0 Å². The van der Waals surface area contributed by atoms with E-state index >= 15 is 0 Å². The van der Waals surface area contributed by atoms with Gasteiger partial charge in [0.2, 0.25) is 5.88 Å². The molecule has 2 aromatic rings. The molecular weight excluding hydrogens is 376 g/mol. The van der Waals surface area contributed by atoms with Crippen LogP contribution in [0.15, 0.2) is 70.5 Å². The smallest absolute Gasteiger partial charge is 0.205 e.